The molecule has 2 aromatic carbocycles. The van der Waals surface area contributed by atoms with Crippen LogP contribution in [0.1, 0.15) is 22.3 Å². The van der Waals surface area contributed by atoms with Crippen molar-refractivity contribution in [3.63, 3.8) is 0 Å². The summed E-state index contributed by atoms with van der Waals surface area (Å²) in [5.41, 5.74) is 0.601. The van der Waals surface area contributed by atoms with Crippen molar-refractivity contribution in [2.24, 2.45) is 0 Å². The number of piperazine rings is 2. The number of benzene rings is 2. The third-order valence-corrected chi connectivity index (χ3v) is 7.55. The van der Waals surface area contributed by atoms with E-state index in [2.05, 4.69) is 10.2 Å². The second-order valence-corrected chi connectivity index (χ2v) is 10.5. The summed E-state index contributed by atoms with van der Waals surface area (Å²) in [7, 11) is 0. The summed E-state index contributed by atoms with van der Waals surface area (Å²) < 4.78 is 67.8. The van der Waals surface area contributed by atoms with E-state index in [1.165, 1.54) is 12.1 Å². The fourth-order valence-electron chi connectivity index (χ4n) is 5.00. The maximum atomic E-state index is 15.0. The van der Waals surface area contributed by atoms with E-state index in [1.807, 2.05) is 9.80 Å². The predicted octanol–water partition coefficient (Wildman–Crippen LogP) is 4.05. The van der Waals surface area contributed by atoms with E-state index < -0.39 is 35.7 Å². The highest BCUT2D eigenvalue weighted by molar-refractivity contribution is 6.31. The summed E-state index contributed by atoms with van der Waals surface area (Å²) in [6.07, 6.45) is -5.10. The SMILES string of the molecule is O=C(Nc1ccc(Cl)cc1N1CCN(CCC(F)(F)F)CC1)c1ccc(CN2CCN(CCO)CC2)c(F)c1F. The van der Waals surface area contributed by atoms with Gasteiger partial charge in [-0.15, -0.1) is 0 Å². The molecule has 2 aliphatic rings. The van der Waals surface area contributed by atoms with E-state index in [9.17, 15) is 22.4 Å². The Balaban J connectivity index is 1.40. The van der Waals surface area contributed by atoms with Crippen molar-refractivity contribution in [3.05, 3.63) is 58.1 Å². The molecule has 13 heteroatoms. The molecule has 1 amide bonds. The van der Waals surface area contributed by atoms with Crippen molar-refractivity contribution in [3.8, 4) is 0 Å². The molecule has 0 aliphatic carbocycles. The fourth-order valence-corrected chi connectivity index (χ4v) is 5.17. The minimum atomic E-state index is -4.22. The zero-order valence-corrected chi connectivity index (χ0v) is 22.7. The molecule has 0 bridgehead atoms. The van der Waals surface area contributed by atoms with E-state index in [0.29, 0.717) is 62.2 Å². The average Bonchev–Trinajstić information content (AvgIpc) is 2.92. The van der Waals surface area contributed by atoms with E-state index in [1.54, 1.807) is 23.1 Å². The summed E-state index contributed by atoms with van der Waals surface area (Å²) in [4.78, 5) is 20.7. The van der Waals surface area contributed by atoms with Crippen molar-refractivity contribution in [2.75, 3.05) is 82.3 Å². The van der Waals surface area contributed by atoms with Crippen LogP contribution in [0.3, 0.4) is 0 Å². The summed E-state index contributed by atoms with van der Waals surface area (Å²) in [5, 5.41) is 12.1. The topological polar surface area (TPSA) is 62.3 Å². The predicted molar refractivity (Wildman–Crippen MR) is 144 cm³/mol. The number of hydrogen-bond donors (Lipinski definition) is 2. The summed E-state index contributed by atoms with van der Waals surface area (Å²) in [6, 6.07) is 7.42. The number of β-amino-alcohol motifs (C(OH)–C–C–N with tert-alkyl or cyclic N) is 1. The summed E-state index contributed by atoms with van der Waals surface area (Å²) in [5.74, 6) is -3.13. The quantitative estimate of drug-likeness (QED) is 0.431. The van der Waals surface area contributed by atoms with Crippen LogP contribution in [-0.2, 0) is 6.54 Å². The van der Waals surface area contributed by atoms with Gasteiger partial charge in [0.2, 0.25) is 0 Å². The Morgan fingerprint density at radius 2 is 1.50 bits per heavy atom. The highest BCUT2D eigenvalue weighted by atomic mass is 35.5. The third kappa shape index (κ3) is 8.03. The van der Waals surface area contributed by atoms with Crippen LogP contribution < -0.4 is 10.2 Å². The molecule has 40 heavy (non-hydrogen) atoms. The Morgan fingerprint density at radius 1 is 0.875 bits per heavy atom. The number of amides is 1. The summed E-state index contributed by atoms with van der Waals surface area (Å²) >= 11 is 6.18. The van der Waals surface area contributed by atoms with Gasteiger partial charge < -0.3 is 15.3 Å². The number of rotatable bonds is 9. The molecule has 2 saturated heterocycles. The van der Waals surface area contributed by atoms with Gasteiger partial charge in [0.05, 0.1) is 30.0 Å². The normalized spacial score (nSPS) is 17.8. The standard InChI is InChI=1S/C27H33ClF5N5O2/c28-20-2-4-22(23(17-20)38-13-11-35(12-14-38)6-5-27(31,32)33)34-26(40)21-3-1-19(24(29)25(21)30)18-37-9-7-36(8-10-37)15-16-39/h1-4,17,39H,5-16,18H2,(H,34,40). The first-order valence-electron chi connectivity index (χ1n) is 13.2. The Kier molecular flexibility index (Phi) is 10.2. The fraction of sp³-hybridized carbons (Fsp3) is 0.519. The molecule has 0 radical (unpaired) electrons. The van der Waals surface area contributed by atoms with Gasteiger partial charge in [-0.3, -0.25) is 19.5 Å². The van der Waals surface area contributed by atoms with E-state index in [-0.39, 0.29) is 25.3 Å². The molecule has 220 valence electrons. The van der Waals surface area contributed by atoms with E-state index in [0.717, 1.165) is 13.1 Å². The van der Waals surface area contributed by atoms with Crippen LogP contribution in [0.25, 0.3) is 0 Å². The first-order chi connectivity index (χ1) is 19.0. The van der Waals surface area contributed by atoms with Crippen LogP contribution in [-0.4, -0.2) is 104 Å². The number of carbonyl (C=O) groups is 1. The molecular weight excluding hydrogens is 557 g/mol. The van der Waals surface area contributed by atoms with Gasteiger partial charge in [-0.05, 0) is 24.3 Å². The number of nitrogens with one attached hydrogen (secondary N) is 1. The molecule has 0 unspecified atom stereocenters. The van der Waals surface area contributed by atoms with E-state index >= 15 is 4.39 Å². The Hall–Kier alpha value is -2.51. The maximum Gasteiger partial charge on any atom is 0.390 e. The van der Waals surface area contributed by atoms with Crippen molar-refractivity contribution < 1.29 is 31.9 Å². The molecule has 0 atom stereocenters. The molecule has 7 nitrogen and oxygen atoms in total. The van der Waals surface area contributed by atoms with Crippen LogP contribution in [0.15, 0.2) is 30.3 Å². The minimum absolute atomic E-state index is 0.0723. The van der Waals surface area contributed by atoms with Gasteiger partial charge in [0.15, 0.2) is 11.6 Å². The molecule has 0 saturated carbocycles. The molecule has 2 aromatic rings. The van der Waals surface area contributed by atoms with Gasteiger partial charge in [0, 0.05) is 82.6 Å². The average molecular weight is 590 g/mol. The van der Waals surface area contributed by atoms with Gasteiger partial charge in [-0.2, -0.15) is 13.2 Å². The number of carbonyl (C=O) groups excluding carboxylic acids is 1. The molecule has 2 heterocycles. The lowest BCUT2D eigenvalue weighted by molar-refractivity contribution is -0.138. The Morgan fingerprint density at radius 3 is 2.15 bits per heavy atom. The van der Waals surface area contributed by atoms with Gasteiger partial charge in [-0.25, -0.2) is 8.78 Å². The second-order valence-electron chi connectivity index (χ2n) is 10.1. The van der Waals surface area contributed by atoms with Crippen LogP contribution >= 0.6 is 11.6 Å². The molecule has 4 rings (SSSR count). The van der Waals surface area contributed by atoms with Crippen molar-refractivity contribution in [2.45, 2.75) is 19.1 Å². The van der Waals surface area contributed by atoms with Crippen molar-refractivity contribution in [1.29, 1.82) is 0 Å². The number of nitrogens with zero attached hydrogens (tertiary/aromatic N) is 4. The number of aliphatic hydroxyl groups is 1. The smallest absolute Gasteiger partial charge is 0.390 e. The monoisotopic (exact) mass is 589 g/mol. The van der Waals surface area contributed by atoms with Crippen LogP contribution in [0.2, 0.25) is 5.02 Å². The zero-order chi connectivity index (χ0) is 28.9. The molecule has 2 aliphatic heterocycles. The highest BCUT2D eigenvalue weighted by Gasteiger charge is 2.29. The van der Waals surface area contributed by atoms with Gasteiger partial charge in [0.1, 0.15) is 0 Å². The van der Waals surface area contributed by atoms with Crippen molar-refractivity contribution >= 4 is 28.9 Å². The second kappa shape index (κ2) is 13.4. The zero-order valence-electron chi connectivity index (χ0n) is 22.0. The molecule has 0 aromatic heterocycles. The minimum Gasteiger partial charge on any atom is -0.395 e. The van der Waals surface area contributed by atoms with Gasteiger partial charge in [0.25, 0.3) is 5.91 Å². The largest absolute Gasteiger partial charge is 0.395 e. The molecule has 2 N–H and O–H groups in total. The first-order valence-corrected chi connectivity index (χ1v) is 13.6. The van der Waals surface area contributed by atoms with Crippen molar-refractivity contribution in [1.82, 2.24) is 14.7 Å². The Bertz CT molecular complexity index is 1170. The number of alkyl halides is 3. The number of hydrogen-bond acceptors (Lipinski definition) is 6. The lowest BCUT2D eigenvalue weighted by Crippen LogP contribution is -2.47. The number of aliphatic hydroxyl groups excluding tert-OH is 1. The highest BCUT2D eigenvalue weighted by Crippen LogP contribution is 2.31. The van der Waals surface area contributed by atoms with Crippen LogP contribution in [0.4, 0.5) is 33.3 Å². The number of anilines is 2. The first kappa shape index (κ1) is 30.4. The van der Waals surface area contributed by atoms with Crippen LogP contribution in [0, 0.1) is 11.6 Å². The summed E-state index contributed by atoms with van der Waals surface area (Å²) in [6.45, 7) is 5.12. The van der Waals surface area contributed by atoms with Crippen LogP contribution in [0.5, 0.6) is 0 Å². The number of halogens is 6. The lowest BCUT2D eigenvalue weighted by Gasteiger charge is -2.37. The maximum absolute atomic E-state index is 15.0. The molecule has 2 fully saturated rings. The molecular formula is C27H33ClF5N5O2. The van der Waals surface area contributed by atoms with Gasteiger partial charge >= 0.3 is 6.18 Å². The Labute approximate surface area is 235 Å². The lowest BCUT2D eigenvalue weighted by atomic mass is 10.1. The van der Waals surface area contributed by atoms with E-state index in [4.69, 9.17) is 16.7 Å². The molecule has 0 spiro atoms. The van der Waals surface area contributed by atoms with Gasteiger partial charge in [-0.1, -0.05) is 17.7 Å². The third-order valence-electron chi connectivity index (χ3n) is 7.31.